The molecule has 2 aromatic rings. The van der Waals surface area contributed by atoms with Crippen LogP contribution in [0.25, 0.3) is 0 Å². The summed E-state index contributed by atoms with van der Waals surface area (Å²) in [6, 6.07) is 15.5. The number of hydrogen-bond acceptors (Lipinski definition) is 4. The Kier molecular flexibility index (Phi) is 5.75. The van der Waals surface area contributed by atoms with Gasteiger partial charge in [-0.2, -0.15) is 5.26 Å². The first-order chi connectivity index (χ1) is 13.2. The van der Waals surface area contributed by atoms with Gasteiger partial charge in [-0.15, -0.1) is 0 Å². The van der Waals surface area contributed by atoms with E-state index in [1.54, 1.807) is 36.4 Å². The molecule has 3 rings (SSSR count). The van der Waals surface area contributed by atoms with E-state index in [1.165, 1.54) is 0 Å². The normalized spacial score (nSPS) is 16.0. The zero-order valence-electron chi connectivity index (χ0n) is 15.3. The van der Waals surface area contributed by atoms with E-state index < -0.39 is 16.1 Å². The summed E-state index contributed by atoms with van der Waals surface area (Å²) in [6.07, 6.45) is 2.69. The number of halogens is 1. The predicted molar refractivity (Wildman–Crippen MR) is 108 cm³/mol. The van der Waals surface area contributed by atoms with Crippen molar-refractivity contribution in [2.75, 3.05) is 11.6 Å². The summed E-state index contributed by atoms with van der Waals surface area (Å²) in [5.41, 5.74) is 1.81. The largest absolute Gasteiger partial charge is 0.326 e. The smallest absolute Gasteiger partial charge is 0.226 e. The molecule has 0 heterocycles. The highest BCUT2D eigenvalue weighted by molar-refractivity contribution is 7.88. The molecule has 1 amide bonds. The van der Waals surface area contributed by atoms with Crippen molar-refractivity contribution in [3.63, 3.8) is 0 Å². The molecule has 1 atom stereocenters. The molecule has 0 spiro atoms. The van der Waals surface area contributed by atoms with Crippen LogP contribution >= 0.6 is 11.6 Å². The summed E-state index contributed by atoms with van der Waals surface area (Å²) >= 11 is 5.88. The first-order valence-corrected chi connectivity index (χ1v) is 11.0. The van der Waals surface area contributed by atoms with Crippen LogP contribution < -0.4 is 10.0 Å². The number of nitrogens with zero attached hydrogens (tertiary/aromatic N) is 1. The van der Waals surface area contributed by atoms with Crippen molar-refractivity contribution >= 4 is 33.2 Å². The maximum absolute atomic E-state index is 12.5. The molecule has 0 unspecified atom stereocenters. The Labute approximate surface area is 169 Å². The molecular formula is C20H20ClN3O3S. The summed E-state index contributed by atoms with van der Waals surface area (Å²) in [5.74, 6) is -0.328. The van der Waals surface area contributed by atoms with E-state index in [-0.39, 0.29) is 17.7 Å². The maximum Gasteiger partial charge on any atom is 0.226 e. The number of sulfonamides is 1. The van der Waals surface area contributed by atoms with Crippen LogP contribution in [0.3, 0.4) is 0 Å². The van der Waals surface area contributed by atoms with Crippen molar-refractivity contribution in [1.29, 1.82) is 5.26 Å². The quantitative estimate of drug-likeness (QED) is 0.719. The highest BCUT2D eigenvalue weighted by Crippen LogP contribution is 2.47. The van der Waals surface area contributed by atoms with Gasteiger partial charge in [0.15, 0.2) is 0 Å². The molecule has 1 aliphatic carbocycles. The van der Waals surface area contributed by atoms with E-state index in [4.69, 9.17) is 11.6 Å². The van der Waals surface area contributed by atoms with Gasteiger partial charge in [0, 0.05) is 17.1 Å². The lowest BCUT2D eigenvalue weighted by Crippen LogP contribution is -2.30. The number of nitriles is 1. The highest BCUT2D eigenvalue weighted by Gasteiger charge is 2.44. The second kappa shape index (κ2) is 7.92. The van der Waals surface area contributed by atoms with Gasteiger partial charge in [-0.3, -0.25) is 4.79 Å². The third-order valence-electron chi connectivity index (χ3n) is 4.70. The predicted octanol–water partition coefficient (Wildman–Crippen LogP) is 3.51. The molecule has 0 bridgehead atoms. The number of benzene rings is 2. The van der Waals surface area contributed by atoms with E-state index in [0.717, 1.165) is 24.7 Å². The first-order valence-electron chi connectivity index (χ1n) is 8.75. The first kappa shape index (κ1) is 20.3. The van der Waals surface area contributed by atoms with Gasteiger partial charge in [-0.25, -0.2) is 13.1 Å². The molecule has 0 saturated heterocycles. The summed E-state index contributed by atoms with van der Waals surface area (Å²) < 4.78 is 25.9. The van der Waals surface area contributed by atoms with Crippen molar-refractivity contribution < 1.29 is 13.2 Å². The summed E-state index contributed by atoms with van der Waals surface area (Å²) in [7, 11) is -3.51. The number of amides is 1. The fourth-order valence-electron chi connectivity index (χ4n) is 3.04. The van der Waals surface area contributed by atoms with E-state index in [0.29, 0.717) is 16.3 Å². The van der Waals surface area contributed by atoms with E-state index >= 15 is 0 Å². The fourth-order valence-corrected chi connectivity index (χ4v) is 3.90. The Morgan fingerprint density at radius 2 is 1.79 bits per heavy atom. The van der Waals surface area contributed by atoms with Crippen LogP contribution in [0.15, 0.2) is 48.5 Å². The highest BCUT2D eigenvalue weighted by atomic mass is 35.5. The van der Waals surface area contributed by atoms with Crippen molar-refractivity contribution in [2.24, 2.45) is 0 Å². The molecule has 1 aliphatic rings. The standard InChI is InChI=1S/C20H20ClN3O3S/c1-28(26,27)24-18(14-2-6-16(21)7-3-14)12-19(25)23-17-8-4-15(5-9-17)20(13-22)10-11-20/h2-9,18,24H,10-12H2,1H3,(H,23,25)/t18-/m0/s1. The molecule has 146 valence electrons. The summed E-state index contributed by atoms with van der Waals surface area (Å²) in [6.45, 7) is 0. The van der Waals surface area contributed by atoms with Crippen LogP contribution in [0.2, 0.25) is 5.02 Å². The van der Waals surface area contributed by atoms with Gasteiger partial charge in [-0.05, 0) is 48.2 Å². The van der Waals surface area contributed by atoms with Gasteiger partial charge in [0.1, 0.15) is 0 Å². The van der Waals surface area contributed by atoms with Crippen LogP contribution in [0, 0.1) is 11.3 Å². The lowest BCUT2D eigenvalue weighted by Gasteiger charge is -2.18. The molecule has 2 N–H and O–H groups in total. The Morgan fingerprint density at radius 3 is 2.29 bits per heavy atom. The van der Waals surface area contributed by atoms with E-state index in [2.05, 4.69) is 16.1 Å². The lowest BCUT2D eigenvalue weighted by atomic mass is 9.97. The van der Waals surface area contributed by atoms with Crippen molar-refractivity contribution in [3.8, 4) is 6.07 Å². The minimum atomic E-state index is -3.51. The molecule has 0 aromatic heterocycles. The van der Waals surface area contributed by atoms with Crippen LogP contribution in [-0.4, -0.2) is 20.6 Å². The number of rotatable bonds is 7. The Morgan fingerprint density at radius 1 is 1.18 bits per heavy atom. The van der Waals surface area contributed by atoms with Gasteiger partial charge >= 0.3 is 0 Å². The van der Waals surface area contributed by atoms with Crippen LogP contribution in [0.5, 0.6) is 0 Å². The molecule has 28 heavy (non-hydrogen) atoms. The zero-order chi connectivity index (χ0) is 20.4. The van der Waals surface area contributed by atoms with Gasteiger partial charge in [0.2, 0.25) is 15.9 Å². The second-order valence-electron chi connectivity index (χ2n) is 7.02. The topological polar surface area (TPSA) is 99.1 Å². The molecule has 0 aliphatic heterocycles. The van der Waals surface area contributed by atoms with Crippen LogP contribution in [0.4, 0.5) is 5.69 Å². The molecule has 2 aromatic carbocycles. The minimum absolute atomic E-state index is 0.0708. The monoisotopic (exact) mass is 417 g/mol. The van der Waals surface area contributed by atoms with Gasteiger partial charge in [-0.1, -0.05) is 35.9 Å². The van der Waals surface area contributed by atoms with Crippen LogP contribution in [0.1, 0.15) is 36.4 Å². The average Bonchev–Trinajstić information content (AvgIpc) is 3.42. The zero-order valence-corrected chi connectivity index (χ0v) is 16.8. The molecule has 1 fully saturated rings. The maximum atomic E-state index is 12.5. The third-order valence-corrected chi connectivity index (χ3v) is 5.67. The number of nitrogens with one attached hydrogen (secondary N) is 2. The number of anilines is 1. The Hall–Kier alpha value is -2.40. The summed E-state index contributed by atoms with van der Waals surface area (Å²) in [5, 5.41) is 12.6. The average molecular weight is 418 g/mol. The Balaban J connectivity index is 1.69. The molecule has 8 heteroatoms. The number of hydrogen-bond donors (Lipinski definition) is 2. The molecule has 0 radical (unpaired) electrons. The molecule has 1 saturated carbocycles. The van der Waals surface area contributed by atoms with E-state index in [9.17, 15) is 18.5 Å². The molecule has 6 nitrogen and oxygen atoms in total. The number of carbonyl (C=O) groups is 1. The van der Waals surface area contributed by atoms with Gasteiger partial charge in [0.05, 0.1) is 23.8 Å². The molecular weight excluding hydrogens is 398 g/mol. The third kappa shape index (κ3) is 5.10. The minimum Gasteiger partial charge on any atom is -0.326 e. The van der Waals surface area contributed by atoms with Crippen molar-refractivity contribution in [1.82, 2.24) is 4.72 Å². The van der Waals surface area contributed by atoms with Gasteiger partial charge < -0.3 is 5.32 Å². The summed E-state index contributed by atoms with van der Waals surface area (Å²) in [4.78, 5) is 12.5. The van der Waals surface area contributed by atoms with Crippen molar-refractivity contribution in [3.05, 3.63) is 64.7 Å². The second-order valence-corrected chi connectivity index (χ2v) is 9.23. The fraction of sp³-hybridized carbons (Fsp3) is 0.300. The van der Waals surface area contributed by atoms with Gasteiger partial charge in [0.25, 0.3) is 0 Å². The van der Waals surface area contributed by atoms with Crippen molar-refractivity contribution in [2.45, 2.75) is 30.7 Å². The van der Waals surface area contributed by atoms with Crippen LogP contribution in [-0.2, 0) is 20.2 Å². The SMILES string of the molecule is CS(=O)(=O)N[C@@H](CC(=O)Nc1ccc(C2(C#N)CC2)cc1)c1ccc(Cl)cc1. The van der Waals surface area contributed by atoms with E-state index in [1.807, 2.05) is 12.1 Å². The Bertz CT molecular complexity index is 1010. The lowest BCUT2D eigenvalue weighted by molar-refractivity contribution is -0.116. The number of carbonyl (C=O) groups excluding carboxylic acids is 1.